The monoisotopic (exact) mass is 231 g/mol. The highest BCUT2D eigenvalue weighted by Crippen LogP contribution is 2.24. The number of furan rings is 1. The smallest absolute Gasteiger partial charge is 0.217 e. The lowest BCUT2D eigenvalue weighted by Gasteiger charge is -2.23. The number of hydrogen-bond acceptors (Lipinski definition) is 3. The Morgan fingerprint density at radius 3 is 2.53 bits per heavy atom. The average molecular weight is 231 g/mol. The van der Waals surface area contributed by atoms with Gasteiger partial charge in [-0.15, -0.1) is 0 Å². The molecule has 17 heavy (non-hydrogen) atoms. The molecule has 1 aromatic carbocycles. The second-order valence-electron chi connectivity index (χ2n) is 4.34. The SMILES string of the molecule is CCC(N)(CC)C(=O)c1cc2ccccc2o1. The quantitative estimate of drug-likeness (QED) is 0.822. The second-order valence-corrected chi connectivity index (χ2v) is 4.34. The van der Waals surface area contributed by atoms with Crippen LogP contribution in [0.2, 0.25) is 0 Å². The standard InChI is InChI=1S/C14H17NO2/c1-3-14(15,4-2)13(16)12-9-10-7-5-6-8-11(10)17-12/h5-9H,3-4,15H2,1-2H3. The minimum Gasteiger partial charge on any atom is -0.453 e. The lowest BCUT2D eigenvalue weighted by atomic mass is 9.88. The van der Waals surface area contributed by atoms with E-state index in [9.17, 15) is 4.79 Å². The van der Waals surface area contributed by atoms with E-state index in [2.05, 4.69) is 0 Å². The van der Waals surface area contributed by atoms with Gasteiger partial charge in [0.05, 0.1) is 5.54 Å². The lowest BCUT2D eigenvalue weighted by molar-refractivity contribution is 0.0852. The summed E-state index contributed by atoms with van der Waals surface area (Å²) in [5, 5.41) is 0.936. The van der Waals surface area contributed by atoms with Gasteiger partial charge in [0.25, 0.3) is 0 Å². The Bertz CT molecular complexity index is 505. The first kappa shape index (κ1) is 11.9. The molecule has 0 radical (unpaired) electrons. The molecule has 0 aliphatic carbocycles. The molecule has 0 saturated heterocycles. The number of rotatable bonds is 4. The van der Waals surface area contributed by atoms with Gasteiger partial charge in [0.15, 0.2) is 5.76 Å². The van der Waals surface area contributed by atoms with E-state index in [-0.39, 0.29) is 5.78 Å². The third-order valence-corrected chi connectivity index (χ3v) is 3.36. The van der Waals surface area contributed by atoms with Crippen molar-refractivity contribution in [2.45, 2.75) is 32.2 Å². The number of carbonyl (C=O) groups excluding carboxylic acids is 1. The number of para-hydroxylation sites is 1. The largest absolute Gasteiger partial charge is 0.453 e. The van der Waals surface area contributed by atoms with Crippen molar-refractivity contribution >= 4 is 16.8 Å². The number of Topliss-reactive ketones (excluding diaryl/α,β-unsaturated/α-hetero) is 1. The summed E-state index contributed by atoms with van der Waals surface area (Å²) in [7, 11) is 0. The maximum Gasteiger partial charge on any atom is 0.217 e. The highest BCUT2D eigenvalue weighted by atomic mass is 16.3. The van der Waals surface area contributed by atoms with Crippen molar-refractivity contribution in [1.82, 2.24) is 0 Å². The van der Waals surface area contributed by atoms with E-state index in [4.69, 9.17) is 10.2 Å². The molecule has 2 aromatic rings. The van der Waals surface area contributed by atoms with Crippen LogP contribution in [0.4, 0.5) is 0 Å². The molecule has 1 aromatic heterocycles. The normalized spacial score (nSPS) is 11.9. The fraction of sp³-hybridized carbons (Fsp3) is 0.357. The van der Waals surface area contributed by atoms with Crippen LogP contribution in [-0.2, 0) is 0 Å². The molecule has 0 fully saturated rings. The first-order valence-corrected chi connectivity index (χ1v) is 5.93. The van der Waals surface area contributed by atoms with Gasteiger partial charge in [-0.3, -0.25) is 4.79 Å². The number of hydrogen-bond donors (Lipinski definition) is 1. The Hall–Kier alpha value is -1.61. The van der Waals surface area contributed by atoms with Crippen LogP contribution in [-0.4, -0.2) is 11.3 Å². The van der Waals surface area contributed by atoms with Crippen LogP contribution in [0, 0.1) is 0 Å². The third kappa shape index (κ3) is 1.98. The molecule has 2 rings (SSSR count). The molecule has 3 nitrogen and oxygen atoms in total. The number of benzene rings is 1. The van der Waals surface area contributed by atoms with Crippen LogP contribution in [0.5, 0.6) is 0 Å². The zero-order valence-electron chi connectivity index (χ0n) is 10.2. The maximum absolute atomic E-state index is 12.3. The van der Waals surface area contributed by atoms with E-state index < -0.39 is 5.54 Å². The zero-order chi connectivity index (χ0) is 12.5. The topological polar surface area (TPSA) is 56.2 Å². The van der Waals surface area contributed by atoms with Gasteiger partial charge in [-0.05, 0) is 25.0 Å². The van der Waals surface area contributed by atoms with Crippen LogP contribution >= 0.6 is 0 Å². The molecule has 3 heteroatoms. The predicted octanol–water partition coefficient (Wildman–Crippen LogP) is 3.13. The molecular weight excluding hydrogens is 214 g/mol. The van der Waals surface area contributed by atoms with Gasteiger partial charge in [0.2, 0.25) is 5.78 Å². The van der Waals surface area contributed by atoms with Crippen LogP contribution < -0.4 is 5.73 Å². The van der Waals surface area contributed by atoms with Crippen molar-refractivity contribution in [2.75, 3.05) is 0 Å². The molecule has 0 saturated carbocycles. The molecule has 0 amide bonds. The molecule has 1 heterocycles. The Labute approximate surface area is 101 Å². The Morgan fingerprint density at radius 2 is 1.94 bits per heavy atom. The lowest BCUT2D eigenvalue weighted by Crippen LogP contribution is -2.46. The fourth-order valence-electron chi connectivity index (χ4n) is 1.91. The molecule has 2 N–H and O–H groups in total. The average Bonchev–Trinajstić information content (AvgIpc) is 2.80. The zero-order valence-corrected chi connectivity index (χ0v) is 10.2. The summed E-state index contributed by atoms with van der Waals surface area (Å²) in [5.74, 6) is 0.246. The minimum absolute atomic E-state index is 0.112. The van der Waals surface area contributed by atoms with Gasteiger partial charge in [0.1, 0.15) is 5.58 Å². The first-order valence-electron chi connectivity index (χ1n) is 5.93. The van der Waals surface area contributed by atoms with Crippen molar-refractivity contribution in [3.05, 3.63) is 36.1 Å². The third-order valence-electron chi connectivity index (χ3n) is 3.36. The van der Waals surface area contributed by atoms with Gasteiger partial charge in [0, 0.05) is 5.39 Å². The van der Waals surface area contributed by atoms with E-state index in [0.717, 1.165) is 11.0 Å². The van der Waals surface area contributed by atoms with E-state index in [1.807, 2.05) is 38.1 Å². The molecule has 0 unspecified atom stereocenters. The summed E-state index contributed by atoms with van der Waals surface area (Å²) in [6.07, 6.45) is 1.22. The highest BCUT2D eigenvalue weighted by molar-refractivity contribution is 6.03. The van der Waals surface area contributed by atoms with Crippen LogP contribution in [0.15, 0.2) is 34.7 Å². The van der Waals surface area contributed by atoms with Crippen molar-refractivity contribution in [3.8, 4) is 0 Å². The van der Waals surface area contributed by atoms with Crippen LogP contribution in [0.1, 0.15) is 37.2 Å². The number of nitrogens with two attached hydrogens (primary N) is 1. The van der Waals surface area contributed by atoms with Gasteiger partial charge in [-0.25, -0.2) is 0 Å². The Kier molecular flexibility index (Phi) is 3.03. The van der Waals surface area contributed by atoms with Crippen LogP contribution in [0.3, 0.4) is 0 Å². The number of fused-ring (bicyclic) bond motifs is 1. The van der Waals surface area contributed by atoms with Gasteiger partial charge in [-0.2, -0.15) is 0 Å². The van der Waals surface area contributed by atoms with Gasteiger partial charge < -0.3 is 10.2 Å². The molecule has 0 atom stereocenters. The number of ketones is 1. The molecule has 0 bridgehead atoms. The second kappa shape index (κ2) is 4.34. The highest BCUT2D eigenvalue weighted by Gasteiger charge is 2.33. The molecular formula is C14H17NO2. The summed E-state index contributed by atoms with van der Waals surface area (Å²) in [5.41, 5.74) is 6.00. The Morgan fingerprint density at radius 1 is 1.29 bits per heavy atom. The summed E-state index contributed by atoms with van der Waals surface area (Å²) >= 11 is 0. The predicted molar refractivity (Wildman–Crippen MR) is 68.0 cm³/mol. The number of carbonyl (C=O) groups is 1. The summed E-state index contributed by atoms with van der Waals surface area (Å²) in [4.78, 5) is 12.3. The van der Waals surface area contributed by atoms with Gasteiger partial charge in [-0.1, -0.05) is 32.0 Å². The summed E-state index contributed by atoms with van der Waals surface area (Å²) < 4.78 is 5.55. The van der Waals surface area contributed by atoms with Crippen molar-refractivity contribution in [2.24, 2.45) is 5.73 Å². The van der Waals surface area contributed by atoms with E-state index in [0.29, 0.717) is 18.6 Å². The van der Waals surface area contributed by atoms with E-state index >= 15 is 0 Å². The maximum atomic E-state index is 12.3. The molecule has 0 aliphatic rings. The van der Waals surface area contributed by atoms with Crippen molar-refractivity contribution in [3.63, 3.8) is 0 Å². The van der Waals surface area contributed by atoms with Crippen molar-refractivity contribution in [1.29, 1.82) is 0 Å². The van der Waals surface area contributed by atoms with Crippen molar-refractivity contribution < 1.29 is 9.21 Å². The van der Waals surface area contributed by atoms with E-state index in [1.54, 1.807) is 6.07 Å². The fourth-order valence-corrected chi connectivity index (χ4v) is 1.91. The van der Waals surface area contributed by atoms with Crippen LogP contribution in [0.25, 0.3) is 11.0 Å². The molecule has 0 spiro atoms. The molecule has 0 aliphatic heterocycles. The first-order chi connectivity index (χ1) is 8.10. The summed E-state index contributed by atoms with van der Waals surface area (Å²) in [6.45, 7) is 3.84. The Balaban J connectivity index is 2.43. The minimum atomic E-state index is -0.812. The van der Waals surface area contributed by atoms with Gasteiger partial charge >= 0.3 is 0 Å². The van der Waals surface area contributed by atoms with E-state index in [1.165, 1.54) is 0 Å². The summed E-state index contributed by atoms with van der Waals surface area (Å²) in [6, 6.07) is 9.34. The molecule has 90 valence electrons.